The number of anilines is 1. The molecule has 116 valence electrons. The van der Waals surface area contributed by atoms with Crippen molar-refractivity contribution in [1.29, 1.82) is 0 Å². The van der Waals surface area contributed by atoms with E-state index >= 15 is 0 Å². The summed E-state index contributed by atoms with van der Waals surface area (Å²) in [5.74, 6) is 0. The van der Waals surface area contributed by atoms with Crippen LogP contribution < -0.4 is 10.6 Å². The van der Waals surface area contributed by atoms with Gasteiger partial charge >= 0.3 is 6.03 Å². The Labute approximate surface area is 132 Å². The van der Waals surface area contributed by atoms with E-state index < -0.39 is 0 Å². The van der Waals surface area contributed by atoms with E-state index in [2.05, 4.69) is 47.9 Å². The molecule has 3 heteroatoms. The van der Waals surface area contributed by atoms with E-state index in [1.807, 2.05) is 26.0 Å². The molecule has 0 saturated heterocycles. The lowest BCUT2D eigenvalue weighted by Crippen LogP contribution is -2.30. The Morgan fingerprint density at radius 3 is 2.14 bits per heavy atom. The maximum Gasteiger partial charge on any atom is 0.319 e. The van der Waals surface area contributed by atoms with E-state index in [1.165, 1.54) is 11.1 Å². The number of amides is 2. The number of rotatable bonds is 5. The minimum atomic E-state index is -0.157. The van der Waals surface area contributed by atoms with Crippen molar-refractivity contribution in [2.45, 2.75) is 33.6 Å². The van der Waals surface area contributed by atoms with Gasteiger partial charge in [0.05, 0.1) is 0 Å². The first-order valence-electron chi connectivity index (χ1n) is 7.78. The third kappa shape index (κ3) is 4.92. The molecule has 0 aromatic heterocycles. The quantitative estimate of drug-likeness (QED) is 0.851. The predicted octanol–water partition coefficient (Wildman–Crippen LogP) is 4.23. The lowest BCUT2D eigenvalue weighted by molar-refractivity contribution is 0.252. The molecule has 2 N–H and O–H groups in total. The van der Waals surface area contributed by atoms with Crippen LogP contribution in [0.1, 0.15) is 29.2 Å². The fourth-order valence-electron chi connectivity index (χ4n) is 2.48. The molecule has 0 heterocycles. The van der Waals surface area contributed by atoms with E-state index in [-0.39, 0.29) is 6.03 Å². The average Bonchev–Trinajstić information content (AvgIpc) is 2.47. The number of urea groups is 1. The van der Waals surface area contributed by atoms with E-state index in [9.17, 15) is 4.79 Å². The maximum atomic E-state index is 11.9. The highest BCUT2D eigenvalue weighted by molar-refractivity contribution is 5.89. The molecule has 2 amide bonds. The van der Waals surface area contributed by atoms with Gasteiger partial charge in [-0.1, -0.05) is 37.3 Å². The number of carbonyl (C=O) groups is 1. The van der Waals surface area contributed by atoms with E-state index in [1.54, 1.807) is 0 Å². The summed E-state index contributed by atoms with van der Waals surface area (Å²) in [4.78, 5) is 11.9. The van der Waals surface area contributed by atoms with E-state index in [0.717, 1.165) is 29.7 Å². The summed E-state index contributed by atoms with van der Waals surface area (Å²) in [7, 11) is 0. The second-order valence-corrected chi connectivity index (χ2v) is 5.68. The van der Waals surface area contributed by atoms with Crippen molar-refractivity contribution < 1.29 is 4.79 Å². The van der Waals surface area contributed by atoms with Gasteiger partial charge in [0.15, 0.2) is 0 Å². The van der Waals surface area contributed by atoms with Crippen molar-refractivity contribution in [2.75, 3.05) is 11.9 Å². The van der Waals surface area contributed by atoms with Crippen LogP contribution in [-0.4, -0.2) is 12.6 Å². The van der Waals surface area contributed by atoms with Crippen molar-refractivity contribution in [2.24, 2.45) is 0 Å². The molecule has 3 nitrogen and oxygen atoms in total. The van der Waals surface area contributed by atoms with Gasteiger partial charge in [0.25, 0.3) is 0 Å². The van der Waals surface area contributed by atoms with Gasteiger partial charge in [0.1, 0.15) is 0 Å². The van der Waals surface area contributed by atoms with Gasteiger partial charge in [0.2, 0.25) is 0 Å². The van der Waals surface area contributed by atoms with Gasteiger partial charge in [-0.25, -0.2) is 4.79 Å². The number of hydrogen-bond acceptors (Lipinski definition) is 1. The Kier molecular flexibility index (Phi) is 5.59. The fourth-order valence-corrected chi connectivity index (χ4v) is 2.48. The summed E-state index contributed by atoms with van der Waals surface area (Å²) >= 11 is 0. The zero-order chi connectivity index (χ0) is 15.9. The minimum Gasteiger partial charge on any atom is -0.338 e. The Bertz CT molecular complexity index is 612. The third-order valence-corrected chi connectivity index (χ3v) is 3.61. The molecule has 0 radical (unpaired) electrons. The standard InChI is InChI=1S/C19H24N2O/c1-4-16-5-7-17(8-6-16)9-10-20-19(22)21-18-12-14(2)11-15(3)13-18/h5-8,11-13H,4,9-10H2,1-3H3,(H2,20,21,22). The van der Waals surface area contributed by atoms with Gasteiger partial charge in [-0.2, -0.15) is 0 Å². The van der Waals surface area contributed by atoms with Gasteiger partial charge in [0, 0.05) is 12.2 Å². The second-order valence-electron chi connectivity index (χ2n) is 5.68. The molecule has 0 fully saturated rings. The van der Waals surface area contributed by atoms with Gasteiger partial charge in [-0.15, -0.1) is 0 Å². The summed E-state index contributed by atoms with van der Waals surface area (Å²) < 4.78 is 0. The van der Waals surface area contributed by atoms with E-state index in [0.29, 0.717) is 6.54 Å². The number of nitrogens with one attached hydrogen (secondary N) is 2. The van der Waals surface area contributed by atoms with Gasteiger partial charge in [-0.05, 0) is 61.1 Å². The molecule has 0 aliphatic rings. The third-order valence-electron chi connectivity index (χ3n) is 3.61. The van der Waals surface area contributed by atoms with E-state index in [4.69, 9.17) is 0 Å². The Morgan fingerprint density at radius 1 is 0.955 bits per heavy atom. The van der Waals surface area contributed by atoms with Gasteiger partial charge < -0.3 is 10.6 Å². The van der Waals surface area contributed by atoms with Crippen LogP contribution in [0, 0.1) is 13.8 Å². The van der Waals surface area contributed by atoms with Gasteiger partial charge in [-0.3, -0.25) is 0 Å². The molecule has 0 spiro atoms. The molecule has 0 saturated carbocycles. The van der Waals surface area contributed by atoms with Crippen molar-refractivity contribution >= 4 is 11.7 Å². The summed E-state index contributed by atoms with van der Waals surface area (Å²) in [5.41, 5.74) is 5.70. The molecule has 0 atom stereocenters. The lowest BCUT2D eigenvalue weighted by Gasteiger charge is -2.09. The Morgan fingerprint density at radius 2 is 1.55 bits per heavy atom. The smallest absolute Gasteiger partial charge is 0.319 e. The maximum absolute atomic E-state index is 11.9. The topological polar surface area (TPSA) is 41.1 Å². The Hall–Kier alpha value is -2.29. The molecule has 0 aliphatic carbocycles. The minimum absolute atomic E-state index is 0.157. The second kappa shape index (κ2) is 7.64. The lowest BCUT2D eigenvalue weighted by atomic mass is 10.1. The number of benzene rings is 2. The molecule has 0 unspecified atom stereocenters. The highest BCUT2D eigenvalue weighted by Crippen LogP contribution is 2.13. The summed E-state index contributed by atoms with van der Waals surface area (Å²) in [5, 5.41) is 5.78. The van der Waals surface area contributed by atoms with Crippen LogP contribution in [-0.2, 0) is 12.8 Å². The van der Waals surface area contributed by atoms with Crippen LogP contribution in [0.5, 0.6) is 0 Å². The number of carbonyl (C=O) groups excluding carboxylic acids is 1. The summed E-state index contributed by atoms with van der Waals surface area (Å²) in [6, 6.07) is 14.4. The number of aryl methyl sites for hydroxylation is 3. The number of hydrogen-bond donors (Lipinski definition) is 2. The van der Waals surface area contributed by atoms with Crippen molar-refractivity contribution in [3.05, 3.63) is 64.7 Å². The molecule has 22 heavy (non-hydrogen) atoms. The molecule has 0 aliphatic heterocycles. The normalized spacial score (nSPS) is 10.3. The van der Waals surface area contributed by atoms with Crippen molar-refractivity contribution in [1.82, 2.24) is 5.32 Å². The SMILES string of the molecule is CCc1ccc(CCNC(=O)Nc2cc(C)cc(C)c2)cc1. The highest BCUT2D eigenvalue weighted by Gasteiger charge is 2.02. The molecule has 2 rings (SSSR count). The monoisotopic (exact) mass is 296 g/mol. The molecule has 2 aromatic rings. The van der Waals surface area contributed by atoms with Crippen LogP contribution in [0.15, 0.2) is 42.5 Å². The molecular weight excluding hydrogens is 272 g/mol. The van der Waals surface area contributed by atoms with Crippen LogP contribution in [0.25, 0.3) is 0 Å². The first kappa shape index (κ1) is 16.1. The van der Waals surface area contributed by atoms with Crippen LogP contribution in [0.2, 0.25) is 0 Å². The molecule has 0 bridgehead atoms. The zero-order valence-corrected chi connectivity index (χ0v) is 13.6. The first-order chi connectivity index (χ1) is 10.6. The molecule has 2 aromatic carbocycles. The zero-order valence-electron chi connectivity index (χ0n) is 13.6. The van der Waals surface area contributed by atoms with Crippen LogP contribution >= 0.6 is 0 Å². The average molecular weight is 296 g/mol. The Balaban J connectivity index is 1.79. The summed E-state index contributed by atoms with van der Waals surface area (Å²) in [6.07, 6.45) is 1.89. The van der Waals surface area contributed by atoms with Crippen molar-refractivity contribution in [3.63, 3.8) is 0 Å². The van der Waals surface area contributed by atoms with Crippen LogP contribution in [0.3, 0.4) is 0 Å². The van der Waals surface area contributed by atoms with Crippen molar-refractivity contribution in [3.8, 4) is 0 Å². The fraction of sp³-hybridized carbons (Fsp3) is 0.316. The first-order valence-corrected chi connectivity index (χ1v) is 7.78. The van der Waals surface area contributed by atoms with Crippen LogP contribution in [0.4, 0.5) is 10.5 Å². The summed E-state index contributed by atoms with van der Waals surface area (Å²) in [6.45, 7) is 6.82. The molecular formula is C19H24N2O. The predicted molar refractivity (Wildman–Crippen MR) is 92.5 cm³/mol. The largest absolute Gasteiger partial charge is 0.338 e. The highest BCUT2D eigenvalue weighted by atomic mass is 16.2.